The Morgan fingerprint density at radius 1 is 1.26 bits per heavy atom. The van der Waals surface area contributed by atoms with Crippen LogP contribution in [0.25, 0.3) is 0 Å². The molecule has 0 saturated carbocycles. The number of nitrogens with zero attached hydrogens (tertiary/aromatic N) is 2. The number of nitrogens with one attached hydrogen (secondary N) is 1. The van der Waals surface area contributed by atoms with Crippen molar-refractivity contribution in [3.8, 4) is 5.75 Å². The predicted molar refractivity (Wildman–Crippen MR) is 132 cm³/mol. The van der Waals surface area contributed by atoms with Gasteiger partial charge < -0.3 is 36.0 Å². The molecule has 0 saturated heterocycles. The Balaban J connectivity index is 1.66. The standard InChI is InChI=1S/C25H32N4O6/c1-25(2,34)9-12-35-21-6-4-3-5-19(21)29(10-11-30)22(32)14-20(31)24(33)28-17-7-8-18-16(13-17)15-27-23(18)26/h3-8,13,20,30-31,34H,9-12,14-15H2,1-2H3,(H2,26,27)(H,28,33). The number of amidine groups is 1. The number of aliphatic hydroxyl groups is 3. The zero-order valence-corrected chi connectivity index (χ0v) is 19.9. The van der Waals surface area contributed by atoms with Crippen molar-refractivity contribution < 1.29 is 29.6 Å². The van der Waals surface area contributed by atoms with Gasteiger partial charge in [0.05, 0.1) is 37.5 Å². The normalized spacial score (nSPS) is 13.6. The topological polar surface area (TPSA) is 158 Å². The van der Waals surface area contributed by atoms with E-state index >= 15 is 0 Å². The minimum atomic E-state index is -1.61. The summed E-state index contributed by atoms with van der Waals surface area (Å²) >= 11 is 0. The SMILES string of the molecule is CC(C)(O)CCOc1ccccc1N(CCO)C(=O)CC(O)C(=O)Nc1ccc2c(c1)CN=C2N. The van der Waals surface area contributed by atoms with Crippen molar-refractivity contribution in [2.24, 2.45) is 10.7 Å². The first-order valence-corrected chi connectivity index (χ1v) is 11.4. The highest BCUT2D eigenvalue weighted by molar-refractivity contribution is 6.03. The number of hydrogen-bond acceptors (Lipinski definition) is 8. The molecule has 0 aliphatic carbocycles. The van der Waals surface area contributed by atoms with Crippen LogP contribution in [0.4, 0.5) is 11.4 Å². The fourth-order valence-corrected chi connectivity index (χ4v) is 3.59. The van der Waals surface area contributed by atoms with Gasteiger partial charge in [0, 0.05) is 24.2 Å². The molecule has 10 heteroatoms. The number of para-hydroxylation sites is 2. The van der Waals surface area contributed by atoms with Crippen LogP contribution in [0.2, 0.25) is 0 Å². The minimum absolute atomic E-state index is 0.0503. The van der Waals surface area contributed by atoms with E-state index in [4.69, 9.17) is 10.5 Å². The van der Waals surface area contributed by atoms with E-state index < -0.39 is 29.9 Å². The average Bonchev–Trinajstić information content (AvgIpc) is 3.17. The van der Waals surface area contributed by atoms with Crippen molar-refractivity contribution in [2.75, 3.05) is 30.0 Å². The Kier molecular flexibility index (Phi) is 8.44. The van der Waals surface area contributed by atoms with Gasteiger partial charge in [-0.05, 0) is 49.7 Å². The molecule has 2 aromatic rings. The number of hydrogen-bond donors (Lipinski definition) is 5. The quantitative estimate of drug-likeness (QED) is 0.320. The minimum Gasteiger partial charge on any atom is -0.491 e. The summed E-state index contributed by atoms with van der Waals surface area (Å²) in [5, 5.41) is 32.5. The summed E-state index contributed by atoms with van der Waals surface area (Å²) in [6.45, 7) is 3.59. The molecule has 0 bridgehead atoms. The van der Waals surface area contributed by atoms with E-state index in [-0.39, 0.29) is 19.8 Å². The van der Waals surface area contributed by atoms with E-state index in [0.29, 0.717) is 35.9 Å². The number of anilines is 2. The zero-order valence-electron chi connectivity index (χ0n) is 19.9. The number of amides is 2. The Morgan fingerprint density at radius 2 is 2.00 bits per heavy atom. The maximum absolute atomic E-state index is 13.0. The third-order valence-electron chi connectivity index (χ3n) is 5.49. The van der Waals surface area contributed by atoms with Gasteiger partial charge in [-0.2, -0.15) is 0 Å². The van der Waals surface area contributed by atoms with E-state index in [1.807, 2.05) is 0 Å². The smallest absolute Gasteiger partial charge is 0.253 e. The Morgan fingerprint density at radius 3 is 2.71 bits per heavy atom. The molecule has 0 radical (unpaired) electrons. The third-order valence-corrected chi connectivity index (χ3v) is 5.49. The van der Waals surface area contributed by atoms with Crippen LogP contribution < -0.4 is 20.7 Å². The second-order valence-corrected chi connectivity index (χ2v) is 8.93. The van der Waals surface area contributed by atoms with E-state index in [1.165, 1.54) is 4.90 Å². The first-order valence-electron chi connectivity index (χ1n) is 11.4. The largest absolute Gasteiger partial charge is 0.491 e. The molecule has 1 unspecified atom stereocenters. The number of aliphatic imine (C=N–C) groups is 1. The molecule has 0 fully saturated rings. The van der Waals surface area contributed by atoms with Crippen molar-refractivity contribution in [3.05, 3.63) is 53.6 Å². The van der Waals surface area contributed by atoms with Crippen LogP contribution in [0, 0.1) is 0 Å². The Hall–Kier alpha value is -3.47. The lowest BCUT2D eigenvalue weighted by Gasteiger charge is -2.26. The molecule has 0 spiro atoms. The fraction of sp³-hybridized carbons (Fsp3) is 0.400. The summed E-state index contributed by atoms with van der Waals surface area (Å²) < 4.78 is 5.77. The highest BCUT2D eigenvalue weighted by atomic mass is 16.5. The van der Waals surface area contributed by atoms with Crippen molar-refractivity contribution in [2.45, 2.75) is 44.9 Å². The third kappa shape index (κ3) is 7.01. The van der Waals surface area contributed by atoms with E-state index in [2.05, 4.69) is 10.3 Å². The summed E-state index contributed by atoms with van der Waals surface area (Å²) in [7, 11) is 0. The molecule has 3 rings (SSSR count). The van der Waals surface area contributed by atoms with Crippen molar-refractivity contribution in [1.29, 1.82) is 0 Å². The van der Waals surface area contributed by atoms with Crippen LogP contribution in [0.15, 0.2) is 47.5 Å². The van der Waals surface area contributed by atoms with Gasteiger partial charge in [-0.25, -0.2) is 0 Å². The van der Waals surface area contributed by atoms with Gasteiger partial charge in [-0.15, -0.1) is 0 Å². The molecule has 2 aromatic carbocycles. The van der Waals surface area contributed by atoms with E-state index in [1.54, 1.807) is 56.3 Å². The highest BCUT2D eigenvalue weighted by Crippen LogP contribution is 2.29. The number of carbonyl (C=O) groups excluding carboxylic acids is 2. The zero-order chi connectivity index (χ0) is 25.6. The molecule has 1 aliphatic rings. The number of aliphatic hydroxyl groups excluding tert-OH is 2. The first-order chi connectivity index (χ1) is 16.6. The first kappa shape index (κ1) is 26.1. The molecule has 6 N–H and O–H groups in total. The second-order valence-electron chi connectivity index (χ2n) is 8.93. The van der Waals surface area contributed by atoms with Gasteiger partial charge in [-0.1, -0.05) is 12.1 Å². The molecule has 0 aromatic heterocycles. The van der Waals surface area contributed by atoms with Gasteiger partial charge in [0.2, 0.25) is 5.91 Å². The average molecular weight is 485 g/mol. The van der Waals surface area contributed by atoms with Gasteiger partial charge in [0.15, 0.2) is 0 Å². The van der Waals surface area contributed by atoms with Crippen molar-refractivity contribution >= 4 is 29.0 Å². The lowest BCUT2D eigenvalue weighted by Crippen LogP contribution is -2.39. The number of benzene rings is 2. The maximum Gasteiger partial charge on any atom is 0.253 e. The summed E-state index contributed by atoms with van der Waals surface area (Å²) in [6, 6.07) is 11.9. The van der Waals surface area contributed by atoms with Gasteiger partial charge in [-0.3, -0.25) is 14.6 Å². The Bertz CT molecular complexity index is 1100. The number of ether oxygens (including phenoxy) is 1. The van der Waals surface area contributed by atoms with Gasteiger partial charge in [0.1, 0.15) is 17.7 Å². The summed E-state index contributed by atoms with van der Waals surface area (Å²) in [5.74, 6) is -0.465. The lowest BCUT2D eigenvalue weighted by atomic mass is 10.1. The monoisotopic (exact) mass is 484 g/mol. The molecule has 1 heterocycles. The van der Waals surface area contributed by atoms with Gasteiger partial charge in [0.25, 0.3) is 5.91 Å². The predicted octanol–water partition coefficient (Wildman–Crippen LogP) is 1.16. The maximum atomic E-state index is 13.0. The number of rotatable bonds is 11. The Labute approximate surface area is 204 Å². The van der Waals surface area contributed by atoms with Crippen LogP contribution in [0.1, 0.15) is 37.8 Å². The van der Waals surface area contributed by atoms with Crippen LogP contribution >= 0.6 is 0 Å². The molecular formula is C25H32N4O6. The van der Waals surface area contributed by atoms with Crippen LogP contribution in [0.3, 0.4) is 0 Å². The molecule has 1 atom stereocenters. The number of nitrogens with two attached hydrogens (primary N) is 1. The second kappa shape index (κ2) is 11.3. The van der Waals surface area contributed by atoms with Crippen molar-refractivity contribution in [3.63, 3.8) is 0 Å². The van der Waals surface area contributed by atoms with Crippen LogP contribution in [-0.2, 0) is 16.1 Å². The molecule has 35 heavy (non-hydrogen) atoms. The summed E-state index contributed by atoms with van der Waals surface area (Å²) in [5.41, 5.74) is 7.41. The lowest BCUT2D eigenvalue weighted by molar-refractivity contribution is -0.129. The van der Waals surface area contributed by atoms with Crippen LogP contribution in [-0.4, -0.2) is 64.4 Å². The molecular weight excluding hydrogens is 452 g/mol. The van der Waals surface area contributed by atoms with Crippen molar-refractivity contribution in [1.82, 2.24) is 0 Å². The number of carbonyl (C=O) groups is 2. The summed E-state index contributed by atoms with van der Waals surface area (Å²) in [4.78, 5) is 31.0. The summed E-state index contributed by atoms with van der Waals surface area (Å²) in [6.07, 6.45) is -1.73. The van der Waals surface area contributed by atoms with Gasteiger partial charge >= 0.3 is 0 Å². The highest BCUT2D eigenvalue weighted by Gasteiger charge is 2.26. The van der Waals surface area contributed by atoms with Crippen LogP contribution in [0.5, 0.6) is 5.75 Å². The number of fused-ring (bicyclic) bond motifs is 1. The molecule has 1 aliphatic heterocycles. The molecule has 10 nitrogen and oxygen atoms in total. The molecule has 2 amide bonds. The fourth-order valence-electron chi connectivity index (χ4n) is 3.59. The van der Waals surface area contributed by atoms with E-state index in [0.717, 1.165) is 11.1 Å². The van der Waals surface area contributed by atoms with E-state index in [9.17, 15) is 24.9 Å². The molecule has 188 valence electrons.